The Kier molecular flexibility index (Phi) is 5.91. The predicted octanol–water partition coefficient (Wildman–Crippen LogP) is -1.92. The van der Waals surface area contributed by atoms with E-state index in [4.69, 9.17) is 0 Å². The van der Waals surface area contributed by atoms with E-state index in [1.165, 1.54) is 0 Å². The molecule has 4 heteroatoms. The van der Waals surface area contributed by atoms with Gasteiger partial charge in [0.25, 0.3) is 0 Å². The van der Waals surface area contributed by atoms with E-state index in [0.29, 0.717) is 17.6 Å². The summed E-state index contributed by atoms with van der Waals surface area (Å²) < 4.78 is 20.4. The van der Waals surface area contributed by atoms with Crippen molar-refractivity contribution in [2.75, 3.05) is 5.75 Å². The van der Waals surface area contributed by atoms with Crippen LogP contribution in [0.15, 0.2) is 12.2 Å². The average molecular weight is 182 g/mol. The van der Waals surface area contributed by atoms with Crippen LogP contribution in [0.25, 0.3) is 0 Å². The topological polar surface area (TPSA) is 40.1 Å². The second-order valence-electron chi connectivity index (χ2n) is 2.66. The quantitative estimate of drug-likeness (QED) is 0.290. The fourth-order valence-corrected chi connectivity index (χ4v) is 1.85. The maximum Gasteiger partial charge on any atom is 1.00 e. The van der Waals surface area contributed by atoms with Crippen LogP contribution < -0.4 is 29.6 Å². The van der Waals surface area contributed by atoms with Crippen molar-refractivity contribution in [2.24, 2.45) is 11.8 Å². The van der Waals surface area contributed by atoms with Gasteiger partial charge in [0.05, 0.1) is 0 Å². The van der Waals surface area contributed by atoms with Crippen molar-refractivity contribution >= 4 is 11.1 Å². The maximum atomic E-state index is 10.2. The van der Waals surface area contributed by atoms with Crippen LogP contribution in [0.1, 0.15) is 13.3 Å². The zero-order chi connectivity index (χ0) is 7.56. The first-order valence-corrected chi connectivity index (χ1v) is 4.67. The third-order valence-electron chi connectivity index (χ3n) is 1.77. The van der Waals surface area contributed by atoms with Gasteiger partial charge in [-0.1, -0.05) is 23.2 Å². The van der Waals surface area contributed by atoms with Crippen LogP contribution in [0.3, 0.4) is 0 Å². The molecule has 58 valence electrons. The van der Waals surface area contributed by atoms with Crippen LogP contribution >= 0.6 is 0 Å². The van der Waals surface area contributed by atoms with Crippen LogP contribution in [0, 0.1) is 11.8 Å². The van der Waals surface area contributed by atoms with Crippen molar-refractivity contribution in [3.05, 3.63) is 12.2 Å². The minimum Gasteiger partial charge on any atom is -0.772 e. The molecule has 0 saturated heterocycles. The Bertz CT molecular complexity index is 170. The molecule has 0 aromatic heterocycles. The van der Waals surface area contributed by atoms with Crippen LogP contribution in [0.2, 0.25) is 0 Å². The fraction of sp³-hybridized carbons (Fsp3) is 0.714. The number of hydrogen-bond donors (Lipinski definition) is 0. The van der Waals surface area contributed by atoms with Crippen LogP contribution in [-0.2, 0) is 11.1 Å². The first-order valence-electron chi connectivity index (χ1n) is 3.42. The van der Waals surface area contributed by atoms with Crippen molar-refractivity contribution in [1.29, 1.82) is 0 Å². The molecule has 1 aliphatic rings. The minimum atomic E-state index is -1.84. The largest absolute Gasteiger partial charge is 1.00 e. The van der Waals surface area contributed by atoms with E-state index >= 15 is 0 Å². The SMILES string of the molecule is C/C=C/[C@@H]1C[C@H]1CS(=O)[O-].[Na+]. The van der Waals surface area contributed by atoms with Gasteiger partial charge in [-0.3, -0.25) is 4.21 Å². The molecule has 0 N–H and O–H groups in total. The van der Waals surface area contributed by atoms with Gasteiger partial charge in [-0.25, -0.2) is 0 Å². The van der Waals surface area contributed by atoms with Crippen LogP contribution in [0.5, 0.6) is 0 Å². The molecule has 1 unspecified atom stereocenters. The van der Waals surface area contributed by atoms with Crippen molar-refractivity contribution in [2.45, 2.75) is 13.3 Å². The summed E-state index contributed by atoms with van der Waals surface area (Å²) in [4.78, 5) is 0. The molecule has 11 heavy (non-hydrogen) atoms. The molecule has 3 atom stereocenters. The Morgan fingerprint density at radius 2 is 2.36 bits per heavy atom. The van der Waals surface area contributed by atoms with Gasteiger partial charge in [0.2, 0.25) is 0 Å². The molecule has 0 aromatic carbocycles. The molecule has 0 spiro atoms. The predicted molar refractivity (Wildman–Crippen MR) is 40.2 cm³/mol. The zero-order valence-corrected chi connectivity index (χ0v) is 9.76. The summed E-state index contributed by atoms with van der Waals surface area (Å²) in [5.41, 5.74) is 0. The van der Waals surface area contributed by atoms with Gasteiger partial charge < -0.3 is 4.55 Å². The van der Waals surface area contributed by atoms with E-state index in [1.807, 2.05) is 13.0 Å². The Labute approximate surface area is 92.0 Å². The molecule has 0 aliphatic heterocycles. The van der Waals surface area contributed by atoms with Gasteiger partial charge in [0.15, 0.2) is 0 Å². The molecule has 0 bridgehead atoms. The maximum absolute atomic E-state index is 10.2. The number of hydrogen-bond acceptors (Lipinski definition) is 2. The normalized spacial score (nSPS) is 31.5. The summed E-state index contributed by atoms with van der Waals surface area (Å²) in [6.45, 7) is 1.96. The summed E-state index contributed by atoms with van der Waals surface area (Å²) in [6.07, 6.45) is 5.12. The van der Waals surface area contributed by atoms with Gasteiger partial charge in [-0.15, -0.1) is 0 Å². The van der Waals surface area contributed by atoms with E-state index in [-0.39, 0.29) is 29.6 Å². The van der Waals surface area contributed by atoms with E-state index < -0.39 is 11.1 Å². The average Bonchev–Trinajstić information content (AvgIpc) is 2.47. The fourth-order valence-electron chi connectivity index (χ4n) is 1.12. The Balaban J connectivity index is 0.000001000. The van der Waals surface area contributed by atoms with Gasteiger partial charge in [-0.05, 0) is 25.2 Å². The molecule has 0 amide bonds. The Morgan fingerprint density at radius 3 is 2.82 bits per heavy atom. The third-order valence-corrected chi connectivity index (χ3v) is 2.47. The van der Waals surface area contributed by atoms with Gasteiger partial charge >= 0.3 is 29.6 Å². The molecular weight excluding hydrogens is 171 g/mol. The van der Waals surface area contributed by atoms with Crippen molar-refractivity contribution in [3.63, 3.8) is 0 Å². The summed E-state index contributed by atoms with van der Waals surface area (Å²) >= 11 is -1.84. The zero-order valence-electron chi connectivity index (χ0n) is 6.95. The standard InChI is InChI=1S/C7H12O2S.Na/c1-2-3-6-4-7(6)5-10(8)9;/h2-3,6-7H,4-5H2,1H3,(H,8,9);/q;+1/p-1/b3-2+;/t6-,7+;/m1./s1. The molecule has 2 nitrogen and oxygen atoms in total. The first kappa shape index (κ1) is 11.8. The molecule has 0 heterocycles. The van der Waals surface area contributed by atoms with Crippen molar-refractivity contribution < 1.29 is 38.3 Å². The van der Waals surface area contributed by atoms with Gasteiger partial charge in [0.1, 0.15) is 0 Å². The molecular formula is C7H11NaO2S. The number of allylic oxidation sites excluding steroid dienone is 2. The molecule has 0 radical (unpaired) electrons. The molecule has 1 aliphatic carbocycles. The molecule has 0 aromatic rings. The summed E-state index contributed by atoms with van der Waals surface area (Å²) in [5, 5.41) is 0. The van der Waals surface area contributed by atoms with Crippen molar-refractivity contribution in [1.82, 2.24) is 0 Å². The summed E-state index contributed by atoms with van der Waals surface area (Å²) in [5.74, 6) is 1.30. The van der Waals surface area contributed by atoms with Gasteiger partial charge in [-0.2, -0.15) is 0 Å². The Morgan fingerprint density at radius 1 is 1.73 bits per heavy atom. The number of rotatable bonds is 3. The van der Waals surface area contributed by atoms with E-state index in [1.54, 1.807) is 0 Å². The smallest absolute Gasteiger partial charge is 0.772 e. The summed E-state index contributed by atoms with van der Waals surface area (Å²) in [7, 11) is 0. The van der Waals surface area contributed by atoms with Crippen molar-refractivity contribution in [3.8, 4) is 0 Å². The van der Waals surface area contributed by atoms with E-state index in [9.17, 15) is 8.76 Å². The monoisotopic (exact) mass is 182 g/mol. The van der Waals surface area contributed by atoms with Crippen LogP contribution in [-0.4, -0.2) is 14.5 Å². The van der Waals surface area contributed by atoms with Gasteiger partial charge in [0, 0.05) is 5.75 Å². The molecule has 1 saturated carbocycles. The molecule has 1 rings (SSSR count). The first-order chi connectivity index (χ1) is 4.74. The Hall–Kier alpha value is 0.850. The minimum absolute atomic E-state index is 0. The molecule has 1 fully saturated rings. The van der Waals surface area contributed by atoms with E-state index in [2.05, 4.69) is 6.08 Å². The second-order valence-corrected chi connectivity index (χ2v) is 3.60. The third kappa shape index (κ3) is 4.43. The van der Waals surface area contributed by atoms with E-state index in [0.717, 1.165) is 6.42 Å². The van der Waals surface area contributed by atoms with Crippen LogP contribution in [0.4, 0.5) is 0 Å². The summed E-state index contributed by atoms with van der Waals surface area (Å²) in [6, 6.07) is 0. The second kappa shape index (κ2) is 5.49.